The van der Waals surface area contributed by atoms with Crippen molar-refractivity contribution >= 4 is 11.9 Å². The topological polar surface area (TPSA) is 75.4 Å². The van der Waals surface area contributed by atoms with E-state index in [1.165, 1.54) is 0 Å². The Morgan fingerprint density at radius 1 is 1.40 bits per heavy atom. The summed E-state index contributed by atoms with van der Waals surface area (Å²) in [7, 11) is 0. The molecule has 1 amide bonds. The van der Waals surface area contributed by atoms with Crippen LogP contribution in [0.4, 0.5) is 0 Å². The normalized spacial score (nSPS) is 19.4. The van der Waals surface area contributed by atoms with E-state index in [1.807, 2.05) is 32.4 Å². The lowest BCUT2D eigenvalue weighted by Gasteiger charge is -2.22. The molecule has 1 fully saturated rings. The van der Waals surface area contributed by atoms with Crippen LogP contribution in [0.25, 0.3) is 0 Å². The number of amides is 1. The molecular weight excluding hydrogens is 258 g/mol. The highest BCUT2D eigenvalue weighted by atomic mass is 16.4. The highest BCUT2D eigenvalue weighted by Gasteiger charge is 2.33. The Kier molecular flexibility index (Phi) is 3.58. The third-order valence-corrected chi connectivity index (χ3v) is 3.70. The molecule has 0 radical (unpaired) electrons. The van der Waals surface area contributed by atoms with E-state index in [-0.39, 0.29) is 18.0 Å². The Morgan fingerprint density at radius 2 is 2.05 bits per heavy atom. The van der Waals surface area contributed by atoms with Gasteiger partial charge in [-0.05, 0) is 34.1 Å². The minimum absolute atomic E-state index is 0.123. The summed E-state index contributed by atoms with van der Waals surface area (Å²) in [6, 6.07) is 0. The van der Waals surface area contributed by atoms with Crippen molar-refractivity contribution in [3.63, 3.8) is 0 Å². The van der Waals surface area contributed by atoms with E-state index in [9.17, 15) is 9.59 Å². The SMILES string of the molecule is Cc1c(C(=O)N2CC[C@H](C(=O)O)C2)cnn1C(C)(C)C. The fourth-order valence-electron chi connectivity index (χ4n) is 2.61. The van der Waals surface area contributed by atoms with Crippen molar-refractivity contribution in [1.82, 2.24) is 14.7 Å². The number of rotatable bonds is 2. The standard InChI is InChI=1S/C14H21N3O3/c1-9-11(7-15-17(9)14(2,3)4)12(18)16-6-5-10(8-16)13(19)20/h7,10H,5-6,8H2,1-4H3,(H,19,20)/t10-/m0/s1. The van der Waals surface area contributed by atoms with Crippen LogP contribution < -0.4 is 0 Å². The predicted octanol–water partition coefficient (Wildman–Crippen LogP) is 1.49. The molecule has 0 spiro atoms. The summed E-state index contributed by atoms with van der Waals surface area (Å²) in [5, 5.41) is 13.3. The quantitative estimate of drug-likeness (QED) is 0.890. The van der Waals surface area contributed by atoms with Crippen LogP contribution in [0.1, 0.15) is 43.2 Å². The molecule has 6 heteroatoms. The second-order valence-electron chi connectivity index (χ2n) is 6.30. The van der Waals surface area contributed by atoms with Crippen LogP contribution in [0.3, 0.4) is 0 Å². The molecule has 1 atom stereocenters. The molecule has 0 aromatic carbocycles. The highest BCUT2D eigenvalue weighted by Crippen LogP contribution is 2.23. The third-order valence-electron chi connectivity index (χ3n) is 3.70. The minimum atomic E-state index is -0.831. The van der Waals surface area contributed by atoms with Crippen molar-refractivity contribution in [2.24, 2.45) is 5.92 Å². The van der Waals surface area contributed by atoms with Crippen molar-refractivity contribution in [3.8, 4) is 0 Å². The second-order valence-corrected chi connectivity index (χ2v) is 6.30. The van der Waals surface area contributed by atoms with E-state index in [0.29, 0.717) is 18.5 Å². The molecule has 0 unspecified atom stereocenters. The first kappa shape index (κ1) is 14.6. The van der Waals surface area contributed by atoms with Crippen LogP contribution >= 0.6 is 0 Å². The highest BCUT2D eigenvalue weighted by molar-refractivity contribution is 5.95. The Morgan fingerprint density at radius 3 is 2.50 bits per heavy atom. The number of hydrogen-bond acceptors (Lipinski definition) is 3. The monoisotopic (exact) mass is 279 g/mol. The van der Waals surface area contributed by atoms with E-state index >= 15 is 0 Å². The zero-order valence-electron chi connectivity index (χ0n) is 12.4. The average molecular weight is 279 g/mol. The molecule has 1 aliphatic rings. The third kappa shape index (κ3) is 2.55. The van der Waals surface area contributed by atoms with E-state index in [2.05, 4.69) is 5.10 Å². The predicted molar refractivity (Wildman–Crippen MR) is 73.6 cm³/mol. The average Bonchev–Trinajstić information content (AvgIpc) is 2.93. The van der Waals surface area contributed by atoms with Gasteiger partial charge in [0.2, 0.25) is 0 Å². The Labute approximate surface area is 118 Å². The number of nitrogens with zero attached hydrogens (tertiary/aromatic N) is 3. The number of hydrogen-bond donors (Lipinski definition) is 1. The van der Waals surface area contributed by atoms with Crippen molar-refractivity contribution in [2.45, 2.75) is 39.7 Å². The second kappa shape index (κ2) is 4.92. The minimum Gasteiger partial charge on any atom is -0.481 e. The van der Waals surface area contributed by atoms with Gasteiger partial charge in [-0.15, -0.1) is 0 Å². The molecule has 0 saturated carbocycles. The van der Waals surface area contributed by atoms with E-state index in [4.69, 9.17) is 5.11 Å². The molecule has 2 heterocycles. The maximum atomic E-state index is 12.5. The van der Waals surface area contributed by atoms with Gasteiger partial charge < -0.3 is 10.0 Å². The molecule has 110 valence electrons. The summed E-state index contributed by atoms with van der Waals surface area (Å²) in [5.74, 6) is -1.40. The number of carbonyl (C=O) groups excluding carboxylic acids is 1. The number of likely N-dealkylation sites (tertiary alicyclic amines) is 1. The van der Waals surface area contributed by atoms with Gasteiger partial charge in [0.1, 0.15) is 0 Å². The summed E-state index contributed by atoms with van der Waals surface area (Å²) < 4.78 is 1.82. The van der Waals surface area contributed by atoms with Gasteiger partial charge in [-0.1, -0.05) is 0 Å². The maximum Gasteiger partial charge on any atom is 0.308 e. The van der Waals surface area contributed by atoms with Gasteiger partial charge in [0.25, 0.3) is 5.91 Å². The van der Waals surface area contributed by atoms with Gasteiger partial charge in [-0.3, -0.25) is 14.3 Å². The lowest BCUT2D eigenvalue weighted by molar-refractivity contribution is -0.141. The van der Waals surface area contributed by atoms with Crippen LogP contribution in [-0.2, 0) is 10.3 Å². The zero-order chi connectivity index (χ0) is 15.1. The molecule has 0 bridgehead atoms. The largest absolute Gasteiger partial charge is 0.481 e. The Hall–Kier alpha value is -1.85. The first-order chi connectivity index (χ1) is 9.21. The molecule has 1 saturated heterocycles. The molecule has 0 aliphatic carbocycles. The van der Waals surface area contributed by atoms with Gasteiger partial charge in [-0.25, -0.2) is 0 Å². The number of aliphatic carboxylic acids is 1. The van der Waals surface area contributed by atoms with E-state index in [1.54, 1.807) is 11.1 Å². The molecule has 2 rings (SSSR count). The molecular formula is C14H21N3O3. The smallest absolute Gasteiger partial charge is 0.308 e. The fourth-order valence-corrected chi connectivity index (χ4v) is 2.61. The van der Waals surface area contributed by atoms with Crippen LogP contribution in [0, 0.1) is 12.8 Å². The summed E-state index contributed by atoms with van der Waals surface area (Å²) >= 11 is 0. The first-order valence-corrected chi connectivity index (χ1v) is 6.79. The first-order valence-electron chi connectivity index (χ1n) is 6.79. The molecule has 1 N–H and O–H groups in total. The lowest BCUT2D eigenvalue weighted by atomic mass is 10.1. The van der Waals surface area contributed by atoms with Gasteiger partial charge in [0.15, 0.2) is 0 Å². The lowest BCUT2D eigenvalue weighted by Crippen LogP contribution is -2.31. The van der Waals surface area contributed by atoms with Crippen LogP contribution in [-0.4, -0.2) is 44.8 Å². The van der Waals surface area contributed by atoms with E-state index < -0.39 is 11.9 Å². The van der Waals surface area contributed by atoms with Crippen molar-refractivity contribution in [1.29, 1.82) is 0 Å². The van der Waals surface area contributed by atoms with Crippen LogP contribution in [0.5, 0.6) is 0 Å². The molecule has 1 aromatic heterocycles. The molecule has 6 nitrogen and oxygen atoms in total. The van der Waals surface area contributed by atoms with Crippen molar-refractivity contribution in [3.05, 3.63) is 17.5 Å². The maximum absolute atomic E-state index is 12.5. The van der Waals surface area contributed by atoms with Crippen LogP contribution in [0.2, 0.25) is 0 Å². The Bertz CT molecular complexity index is 542. The van der Waals surface area contributed by atoms with Crippen LogP contribution in [0.15, 0.2) is 6.20 Å². The molecule has 20 heavy (non-hydrogen) atoms. The number of carboxylic acid groups (broad SMARTS) is 1. The van der Waals surface area contributed by atoms with Gasteiger partial charge in [-0.2, -0.15) is 5.10 Å². The molecule has 1 aliphatic heterocycles. The summed E-state index contributed by atoms with van der Waals surface area (Å²) in [4.78, 5) is 25.0. The molecule has 1 aromatic rings. The van der Waals surface area contributed by atoms with Gasteiger partial charge in [0, 0.05) is 18.8 Å². The van der Waals surface area contributed by atoms with Gasteiger partial charge >= 0.3 is 5.97 Å². The fraction of sp³-hybridized carbons (Fsp3) is 0.643. The van der Waals surface area contributed by atoms with Crippen molar-refractivity contribution in [2.75, 3.05) is 13.1 Å². The number of aromatic nitrogens is 2. The van der Waals surface area contributed by atoms with Gasteiger partial charge in [0.05, 0.1) is 23.2 Å². The van der Waals surface area contributed by atoms with E-state index in [0.717, 1.165) is 5.69 Å². The summed E-state index contributed by atoms with van der Waals surface area (Å²) in [6.45, 7) is 8.73. The number of carbonyl (C=O) groups is 2. The summed E-state index contributed by atoms with van der Waals surface area (Å²) in [6.07, 6.45) is 2.10. The zero-order valence-corrected chi connectivity index (χ0v) is 12.4. The van der Waals surface area contributed by atoms with Crippen molar-refractivity contribution < 1.29 is 14.7 Å². The Balaban J connectivity index is 2.19. The number of carboxylic acids is 1. The summed E-state index contributed by atoms with van der Waals surface area (Å²) in [5.41, 5.74) is 1.20.